The third kappa shape index (κ3) is 9.26. The summed E-state index contributed by atoms with van der Waals surface area (Å²) in [6.45, 7) is 11.2. The first kappa shape index (κ1) is 22.0. The van der Waals surface area contributed by atoms with Crippen LogP contribution in [0.3, 0.4) is 0 Å². The van der Waals surface area contributed by atoms with Gasteiger partial charge in [-0.25, -0.2) is 4.79 Å². The molecular weight excluding hydrogens is 316 g/mol. The number of hydrogen-bond donors (Lipinski definition) is 0. The zero-order chi connectivity index (χ0) is 18.7. The molecule has 1 saturated carbocycles. The lowest BCUT2D eigenvalue weighted by Crippen LogP contribution is -2.41. The molecule has 146 valence electrons. The highest BCUT2D eigenvalue weighted by Crippen LogP contribution is 2.25. The van der Waals surface area contributed by atoms with Gasteiger partial charge in [-0.2, -0.15) is 0 Å². The summed E-state index contributed by atoms with van der Waals surface area (Å²) in [5, 5.41) is 0. The smallest absolute Gasteiger partial charge is 0.409 e. The van der Waals surface area contributed by atoms with Gasteiger partial charge in [0.25, 0.3) is 0 Å². The molecule has 0 bridgehead atoms. The number of unbranched alkanes of at least 4 members (excludes halogenated alkanes) is 1. The molecule has 1 amide bonds. The second kappa shape index (κ2) is 12.3. The Kier molecular flexibility index (Phi) is 10.8. The van der Waals surface area contributed by atoms with Crippen LogP contribution in [0.25, 0.3) is 0 Å². The van der Waals surface area contributed by atoms with Crippen molar-refractivity contribution in [3.05, 3.63) is 12.7 Å². The van der Waals surface area contributed by atoms with Gasteiger partial charge >= 0.3 is 6.09 Å². The van der Waals surface area contributed by atoms with E-state index in [1.54, 1.807) is 4.90 Å². The number of rotatable bonds is 11. The van der Waals surface area contributed by atoms with Crippen LogP contribution in [0.15, 0.2) is 12.7 Å². The van der Waals surface area contributed by atoms with E-state index in [0.717, 1.165) is 58.2 Å². The Morgan fingerprint density at radius 2 is 1.88 bits per heavy atom. The Morgan fingerprint density at radius 3 is 2.48 bits per heavy atom. The summed E-state index contributed by atoms with van der Waals surface area (Å²) >= 11 is 0. The molecule has 0 aromatic carbocycles. The van der Waals surface area contributed by atoms with Crippen molar-refractivity contribution in [3.8, 4) is 0 Å². The average Bonchev–Trinajstić information content (AvgIpc) is 2.59. The molecule has 5 nitrogen and oxygen atoms in total. The summed E-state index contributed by atoms with van der Waals surface area (Å²) < 4.78 is 11.3. The number of hydrogen-bond acceptors (Lipinski definition) is 4. The maximum atomic E-state index is 12.0. The number of carbonyl (C=O) groups excluding carboxylic acids is 1. The predicted molar refractivity (Wildman–Crippen MR) is 103 cm³/mol. The van der Waals surface area contributed by atoms with Crippen LogP contribution in [0.5, 0.6) is 0 Å². The number of amides is 1. The van der Waals surface area contributed by atoms with Gasteiger partial charge in [-0.05, 0) is 58.0 Å². The van der Waals surface area contributed by atoms with Crippen LogP contribution in [0.2, 0.25) is 0 Å². The van der Waals surface area contributed by atoms with E-state index >= 15 is 0 Å². The molecule has 0 N–H and O–H groups in total. The second-order valence-electron chi connectivity index (χ2n) is 7.64. The van der Waals surface area contributed by atoms with E-state index in [1.807, 2.05) is 27.0 Å². The molecule has 0 aromatic rings. The van der Waals surface area contributed by atoms with Crippen LogP contribution in [-0.2, 0) is 9.47 Å². The third-order valence-corrected chi connectivity index (χ3v) is 4.75. The molecule has 1 aliphatic rings. The van der Waals surface area contributed by atoms with Gasteiger partial charge in [-0.1, -0.05) is 19.9 Å². The molecule has 0 radical (unpaired) electrons. The van der Waals surface area contributed by atoms with Gasteiger partial charge in [0.1, 0.15) is 0 Å². The largest absolute Gasteiger partial charge is 0.449 e. The van der Waals surface area contributed by atoms with Crippen molar-refractivity contribution < 1.29 is 14.3 Å². The van der Waals surface area contributed by atoms with Crippen LogP contribution < -0.4 is 0 Å². The Bertz CT molecular complexity index is 379. The van der Waals surface area contributed by atoms with Crippen molar-refractivity contribution in [1.29, 1.82) is 0 Å². The zero-order valence-electron chi connectivity index (χ0n) is 16.7. The molecule has 1 aliphatic carbocycles. The third-order valence-electron chi connectivity index (χ3n) is 4.75. The molecule has 0 heterocycles. The number of carbonyl (C=O) groups is 1. The highest BCUT2D eigenvalue weighted by atomic mass is 16.6. The van der Waals surface area contributed by atoms with Gasteiger partial charge in [-0.3, -0.25) is 0 Å². The minimum absolute atomic E-state index is 0.193. The normalized spacial score (nSPS) is 20.7. The highest BCUT2D eigenvalue weighted by molar-refractivity contribution is 5.67. The molecule has 0 aromatic heterocycles. The van der Waals surface area contributed by atoms with Crippen LogP contribution >= 0.6 is 0 Å². The van der Waals surface area contributed by atoms with Crippen molar-refractivity contribution in [2.45, 2.75) is 64.5 Å². The molecule has 0 unspecified atom stereocenters. The van der Waals surface area contributed by atoms with E-state index in [4.69, 9.17) is 9.47 Å². The molecule has 0 aliphatic heterocycles. The van der Waals surface area contributed by atoms with Crippen molar-refractivity contribution >= 4 is 6.09 Å². The predicted octanol–water partition coefficient (Wildman–Crippen LogP) is 3.94. The SMILES string of the molecule is C=CCN(C)CCCCOC1CCC(N(C)C(=O)OCC(C)C)CC1. The van der Waals surface area contributed by atoms with Gasteiger partial charge in [0.05, 0.1) is 12.7 Å². The maximum Gasteiger partial charge on any atom is 0.409 e. The average molecular weight is 355 g/mol. The minimum atomic E-state index is -0.193. The summed E-state index contributed by atoms with van der Waals surface area (Å²) in [7, 11) is 3.97. The molecular formula is C20H38N2O3. The number of ether oxygens (including phenoxy) is 2. The van der Waals surface area contributed by atoms with E-state index < -0.39 is 0 Å². The number of nitrogens with zero attached hydrogens (tertiary/aromatic N) is 2. The molecule has 25 heavy (non-hydrogen) atoms. The summed E-state index contributed by atoms with van der Waals surface area (Å²) in [6, 6.07) is 0.284. The van der Waals surface area contributed by atoms with Crippen molar-refractivity contribution in [2.24, 2.45) is 5.92 Å². The van der Waals surface area contributed by atoms with E-state index in [0.29, 0.717) is 18.6 Å². The van der Waals surface area contributed by atoms with Gasteiger partial charge in [0, 0.05) is 26.2 Å². The van der Waals surface area contributed by atoms with Crippen LogP contribution in [0.1, 0.15) is 52.4 Å². The Balaban J connectivity index is 2.12. The van der Waals surface area contributed by atoms with Crippen LogP contribution in [-0.4, -0.2) is 68.4 Å². The molecule has 1 fully saturated rings. The van der Waals surface area contributed by atoms with Gasteiger partial charge in [0.2, 0.25) is 0 Å². The quantitative estimate of drug-likeness (QED) is 0.416. The van der Waals surface area contributed by atoms with Gasteiger partial charge in [0.15, 0.2) is 0 Å². The van der Waals surface area contributed by atoms with E-state index in [-0.39, 0.29) is 12.1 Å². The van der Waals surface area contributed by atoms with E-state index in [2.05, 4.69) is 18.5 Å². The molecule has 0 saturated heterocycles. The first-order valence-electron chi connectivity index (χ1n) is 9.74. The summed E-state index contributed by atoms with van der Waals surface area (Å²) in [4.78, 5) is 16.1. The van der Waals surface area contributed by atoms with E-state index in [1.165, 1.54) is 0 Å². The lowest BCUT2D eigenvalue weighted by molar-refractivity contribution is 0.00653. The Morgan fingerprint density at radius 1 is 1.20 bits per heavy atom. The lowest BCUT2D eigenvalue weighted by atomic mass is 9.92. The standard InChI is InChI=1S/C20H38N2O3/c1-6-13-21(4)14-7-8-15-24-19-11-9-18(10-12-19)22(5)20(23)25-16-17(2)3/h6,17-19H,1,7-16H2,2-5H3. The fraction of sp³-hybridized carbons (Fsp3) is 0.850. The fourth-order valence-electron chi connectivity index (χ4n) is 3.13. The van der Waals surface area contributed by atoms with Crippen molar-refractivity contribution in [2.75, 3.05) is 40.4 Å². The van der Waals surface area contributed by atoms with Crippen LogP contribution in [0, 0.1) is 5.92 Å². The second-order valence-corrected chi connectivity index (χ2v) is 7.64. The fourth-order valence-corrected chi connectivity index (χ4v) is 3.13. The minimum Gasteiger partial charge on any atom is -0.449 e. The molecule has 1 rings (SSSR count). The first-order chi connectivity index (χ1) is 11.9. The topological polar surface area (TPSA) is 42.0 Å². The van der Waals surface area contributed by atoms with Crippen molar-refractivity contribution in [3.63, 3.8) is 0 Å². The summed E-state index contributed by atoms with van der Waals surface area (Å²) in [5.74, 6) is 0.373. The van der Waals surface area contributed by atoms with Gasteiger partial charge in [-0.15, -0.1) is 6.58 Å². The number of likely N-dealkylation sites (N-methyl/N-ethyl adjacent to an activating group) is 1. The lowest BCUT2D eigenvalue weighted by Gasteiger charge is -2.34. The molecule has 5 heteroatoms. The summed E-state index contributed by atoms with van der Waals surface area (Å²) in [6.07, 6.45) is 8.41. The van der Waals surface area contributed by atoms with Crippen LogP contribution in [0.4, 0.5) is 4.79 Å². The zero-order valence-corrected chi connectivity index (χ0v) is 16.7. The highest BCUT2D eigenvalue weighted by Gasteiger charge is 2.27. The first-order valence-corrected chi connectivity index (χ1v) is 9.74. The van der Waals surface area contributed by atoms with Gasteiger partial charge < -0.3 is 19.3 Å². The monoisotopic (exact) mass is 354 g/mol. The molecule has 0 atom stereocenters. The maximum absolute atomic E-state index is 12.0. The van der Waals surface area contributed by atoms with E-state index in [9.17, 15) is 4.79 Å². The molecule has 0 spiro atoms. The Hall–Kier alpha value is -1.07. The summed E-state index contributed by atoms with van der Waals surface area (Å²) in [5.41, 5.74) is 0. The Labute approximate surface area is 154 Å². The van der Waals surface area contributed by atoms with Crippen molar-refractivity contribution in [1.82, 2.24) is 9.80 Å².